The Hall–Kier alpha value is -2.27. The van der Waals surface area contributed by atoms with E-state index in [0.29, 0.717) is 0 Å². The molecule has 94 valence electrons. The lowest BCUT2D eigenvalue weighted by molar-refractivity contribution is 0.410. The van der Waals surface area contributed by atoms with Gasteiger partial charge in [-0.3, -0.25) is 0 Å². The van der Waals surface area contributed by atoms with Gasteiger partial charge < -0.3 is 4.74 Å². The van der Waals surface area contributed by atoms with Crippen molar-refractivity contribution in [3.63, 3.8) is 0 Å². The van der Waals surface area contributed by atoms with Gasteiger partial charge >= 0.3 is 0 Å². The lowest BCUT2D eigenvalue weighted by Crippen LogP contribution is -1.93. The van der Waals surface area contributed by atoms with Crippen LogP contribution in [0.3, 0.4) is 0 Å². The molecule has 0 saturated carbocycles. The summed E-state index contributed by atoms with van der Waals surface area (Å²) in [6.07, 6.45) is 4.69. The van der Waals surface area contributed by atoms with E-state index in [2.05, 4.69) is 30.3 Å². The van der Waals surface area contributed by atoms with E-state index in [1.807, 2.05) is 6.07 Å². The van der Waals surface area contributed by atoms with Gasteiger partial charge in [0, 0.05) is 11.6 Å². The Balaban J connectivity index is 2.40. The molecule has 0 spiro atoms. The second kappa shape index (κ2) is 4.78. The van der Waals surface area contributed by atoms with E-state index in [-0.39, 0.29) is 0 Å². The first-order chi connectivity index (χ1) is 9.35. The highest BCUT2D eigenvalue weighted by Crippen LogP contribution is 2.38. The van der Waals surface area contributed by atoms with Gasteiger partial charge in [-0.05, 0) is 47.2 Å². The number of hydrogen-bond acceptors (Lipinski definition) is 2. The van der Waals surface area contributed by atoms with Gasteiger partial charge in [-0.15, -0.1) is 0 Å². The van der Waals surface area contributed by atoms with Crippen molar-refractivity contribution >= 4 is 16.3 Å². The Bertz CT molecular complexity index is 707. The standard InChI is InChI=1S/C17H15NO/c1-19-16-9-8-13-5-3-6-14-12(10-11-18)4-2-7-15(16)17(13)14/h3,5-6,8-10H,2,4,7H2,1H3/b12-10-. The lowest BCUT2D eigenvalue weighted by atomic mass is 9.95. The molecule has 0 aliphatic heterocycles. The summed E-state index contributed by atoms with van der Waals surface area (Å²) in [7, 11) is 1.72. The quantitative estimate of drug-likeness (QED) is 0.713. The summed E-state index contributed by atoms with van der Waals surface area (Å²) in [5.41, 5.74) is 3.60. The maximum Gasteiger partial charge on any atom is 0.122 e. The predicted molar refractivity (Wildman–Crippen MR) is 77.0 cm³/mol. The number of methoxy groups -OCH3 is 1. The normalized spacial score (nSPS) is 16.1. The van der Waals surface area contributed by atoms with Crippen LogP contribution in [0.4, 0.5) is 0 Å². The van der Waals surface area contributed by atoms with Gasteiger partial charge in [-0.25, -0.2) is 0 Å². The fourth-order valence-corrected chi connectivity index (χ4v) is 2.96. The fraction of sp³-hybridized carbons (Fsp3) is 0.235. The zero-order chi connectivity index (χ0) is 13.2. The molecule has 2 heteroatoms. The van der Waals surface area contributed by atoms with E-state index < -0.39 is 0 Å². The smallest absolute Gasteiger partial charge is 0.122 e. The third-order valence-electron chi connectivity index (χ3n) is 3.79. The molecule has 0 saturated heterocycles. The SMILES string of the molecule is COc1ccc2cccc3c2c1CCC/C3=C/C#N. The molecule has 19 heavy (non-hydrogen) atoms. The maximum absolute atomic E-state index is 8.96. The van der Waals surface area contributed by atoms with Crippen LogP contribution >= 0.6 is 0 Å². The number of nitriles is 1. The largest absolute Gasteiger partial charge is 0.496 e. The molecule has 1 aliphatic carbocycles. The van der Waals surface area contributed by atoms with Crippen molar-refractivity contribution in [3.05, 3.63) is 47.5 Å². The first kappa shape index (κ1) is 11.8. The molecule has 2 nitrogen and oxygen atoms in total. The molecule has 0 aromatic heterocycles. The van der Waals surface area contributed by atoms with E-state index in [0.717, 1.165) is 30.6 Å². The molecule has 1 aliphatic rings. The molecule has 0 radical (unpaired) electrons. The molecular formula is C17H15NO. The number of hydrogen-bond donors (Lipinski definition) is 0. The Morgan fingerprint density at radius 2 is 2.11 bits per heavy atom. The summed E-state index contributed by atoms with van der Waals surface area (Å²) in [5, 5.41) is 11.4. The molecule has 0 atom stereocenters. The van der Waals surface area contributed by atoms with Gasteiger partial charge in [0.2, 0.25) is 0 Å². The highest BCUT2D eigenvalue weighted by Gasteiger charge is 2.17. The first-order valence-corrected chi connectivity index (χ1v) is 6.53. The Morgan fingerprint density at radius 3 is 2.89 bits per heavy atom. The molecule has 2 aromatic carbocycles. The van der Waals surface area contributed by atoms with E-state index in [1.54, 1.807) is 13.2 Å². The van der Waals surface area contributed by atoms with Crippen LogP contribution < -0.4 is 4.74 Å². The highest BCUT2D eigenvalue weighted by molar-refractivity contribution is 5.98. The van der Waals surface area contributed by atoms with Crippen LogP contribution in [0.25, 0.3) is 16.3 Å². The van der Waals surface area contributed by atoms with Crippen LogP contribution in [0, 0.1) is 11.3 Å². The molecule has 2 aromatic rings. The van der Waals surface area contributed by atoms with Crippen molar-refractivity contribution in [1.29, 1.82) is 5.26 Å². The minimum atomic E-state index is 0.949. The van der Waals surface area contributed by atoms with Crippen molar-refractivity contribution in [1.82, 2.24) is 0 Å². The van der Waals surface area contributed by atoms with Crippen LogP contribution in [-0.4, -0.2) is 7.11 Å². The molecule has 0 amide bonds. The van der Waals surface area contributed by atoms with Gasteiger partial charge in [0.25, 0.3) is 0 Å². The van der Waals surface area contributed by atoms with Crippen LogP contribution in [0.1, 0.15) is 24.0 Å². The summed E-state index contributed by atoms with van der Waals surface area (Å²) >= 11 is 0. The summed E-state index contributed by atoms with van der Waals surface area (Å²) in [5.74, 6) is 0.957. The van der Waals surface area contributed by atoms with Crippen LogP contribution in [0.5, 0.6) is 5.75 Å². The number of aryl methyl sites for hydroxylation is 1. The summed E-state index contributed by atoms with van der Waals surface area (Å²) in [6.45, 7) is 0. The fourth-order valence-electron chi connectivity index (χ4n) is 2.96. The van der Waals surface area contributed by atoms with Gasteiger partial charge in [0.15, 0.2) is 0 Å². The maximum atomic E-state index is 8.96. The zero-order valence-electron chi connectivity index (χ0n) is 10.9. The average Bonchev–Trinajstić information content (AvgIpc) is 2.62. The number of allylic oxidation sites excluding steroid dienone is 2. The Labute approximate surface area is 112 Å². The van der Waals surface area contributed by atoms with Gasteiger partial charge in [0.05, 0.1) is 13.2 Å². The lowest BCUT2D eigenvalue weighted by Gasteiger charge is -2.12. The van der Waals surface area contributed by atoms with Gasteiger partial charge in [-0.1, -0.05) is 24.3 Å². The molecule has 0 heterocycles. The van der Waals surface area contributed by atoms with E-state index in [1.165, 1.54) is 21.9 Å². The summed E-state index contributed by atoms with van der Waals surface area (Å²) in [4.78, 5) is 0. The van der Waals surface area contributed by atoms with Crippen molar-refractivity contribution in [2.75, 3.05) is 7.11 Å². The third kappa shape index (κ3) is 1.88. The minimum Gasteiger partial charge on any atom is -0.496 e. The third-order valence-corrected chi connectivity index (χ3v) is 3.79. The van der Waals surface area contributed by atoms with Crippen LogP contribution in [0.15, 0.2) is 36.4 Å². The molecule has 0 unspecified atom stereocenters. The van der Waals surface area contributed by atoms with E-state index >= 15 is 0 Å². The Kier molecular flexibility index (Phi) is 2.97. The summed E-state index contributed by atoms with van der Waals surface area (Å²) < 4.78 is 5.50. The van der Waals surface area contributed by atoms with E-state index in [9.17, 15) is 0 Å². The second-order valence-electron chi connectivity index (χ2n) is 4.80. The van der Waals surface area contributed by atoms with Crippen molar-refractivity contribution in [2.45, 2.75) is 19.3 Å². The molecule has 0 N–H and O–H groups in total. The van der Waals surface area contributed by atoms with Crippen molar-refractivity contribution in [2.24, 2.45) is 0 Å². The number of benzene rings is 2. The average molecular weight is 249 g/mol. The topological polar surface area (TPSA) is 33.0 Å². The number of nitrogens with zero attached hydrogens (tertiary/aromatic N) is 1. The predicted octanol–water partition coefficient (Wildman–Crippen LogP) is 4.09. The highest BCUT2D eigenvalue weighted by atomic mass is 16.5. The Morgan fingerprint density at radius 1 is 1.21 bits per heavy atom. The van der Waals surface area contributed by atoms with Crippen LogP contribution in [-0.2, 0) is 6.42 Å². The molecule has 3 rings (SSSR count). The van der Waals surface area contributed by atoms with Gasteiger partial charge in [0.1, 0.15) is 5.75 Å². The molecule has 0 bridgehead atoms. The number of rotatable bonds is 1. The van der Waals surface area contributed by atoms with E-state index in [4.69, 9.17) is 10.00 Å². The van der Waals surface area contributed by atoms with Crippen LogP contribution in [0.2, 0.25) is 0 Å². The second-order valence-corrected chi connectivity index (χ2v) is 4.80. The monoisotopic (exact) mass is 249 g/mol. The van der Waals surface area contributed by atoms with Gasteiger partial charge in [-0.2, -0.15) is 5.26 Å². The number of ether oxygens (including phenoxy) is 1. The first-order valence-electron chi connectivity index (χ1n) is 6.53. The zero-order valence-corrected chi connectivity index (χ0v) is 10.9. The van der Waals surface area contributed by atoms with Crippen molar-refractivity contribution in [3.8, 4) is 11.8 Å². The minimum absolute atomic E-state index is 0.949. The van der Waals surface area contributed by atoms with Crippen molar-refractivity contribution < 1.29 is 4.74 Å². The molecular weight excluding hydrogens is 234 g/mol. The summed E-state index contributed by atoms with van der Waals surface area (Å²) in [6, 6.07) is 12.6. The molecule has 0 fully saturated rings.